The van der Waals surface area contributed by atoms with E-state index in [4.69, 9.17) is 9.40 Å². The Morgan fingerprint density at radius 3 is 2.50 bits per heavy atom. The zero-order chi connectivity index (χ0) is 28.0. The number of benzene rings is 3. The van der Waals surface area contributed by atoms with Gasteiger partial charge in [0, 0.05) is 58.8 Å². The quantitative estimate of drug-likeness (QED) is 0.194. The van der Waals surface area contributed by atoms with Crippen LogP contribution in [-0.2, 0) is 6.61 Å². The maximum Gasteiger partial charge on any atom is 0.255 e. The Balaban J connectivity index is 1.56. The predicted molar refractivity (Wildman–Crippen MR) is 151 cm³/mol. The van der Waals surface area contributed by atoms with Gasteiger partial charge in [-0.05, 0) is 54.6 Å². The molecule has 200 valence electrons. The van der Waals surface area contributed by atoms with Gasteiger partial charge >= 0.3 is 0 Å². The van der Waals surface area contributed by atoms with Crippen molar-refractivity contribution in [1.82, 2.24) is 15.3 Å². The molecule has 6 rings (SSSR count). The highest BCUT2D eigenvalue weighted by Gasteiger charge is 2.24. The third-order valence-electron chi connectivity index (χ3n) is 6.95. The largest absolute Gasteiger partial charge is 0.455 e. The average molecular weight is 539 g/mol. The number of hydrogen-bond donors (Lipinski definition) is 4. The van der Waals surface area contributed by atoms with Crippen molar-refractivity contribution in [3.8, 4) is 34.0 Å². The van der Waals surface area contributed by atoms with E-state index in [2.05, 4.69) is 15.6 Å². The van der Waals surface area contributed by atoms with E-state index in [1.165, 1.54) is 25.2 Å². The van der Waals surface area contributed by atoms with Gasteiger partial charge in [-0.3, -0.25) is 4.79 Å². The number of hydrogen-bond acceptors (Lipinski definition) is 5. The summed E-state index contributed by atoms with van der Waals surface area (Å²) in [6.07, 6.45) is 0. The molecule has 0 saturated carbocycles. The molecule has 0 bridgehead atoms. The zero-order valence-electron chi connectivity index (χ0n) is 21.6. The van der Waals surface area contributed by atoms with Gasteiger partial charge in [0.1, 0.15) is 23.0 Å². The van der Waals surface area contributed by atoms with Crippen LogP contribution in [0.15, 0.2) is 77.2 Å². The Morgan fingerprint density at radius 1 is 1.00 bits per heavy atom. The third kappa shape index (κ3) is 4.17. The van der Waals surface area contributed by atoms with E-state index in [-0.39, 0.29) is 18.3 Å². The number of fused-ring (bicyclic) bond motifs is 2. The Hall–Kier alpha value is -5.02. The van der Waals surface area contributed by atoms with Crippen molar-refractivity contribution < 1.29 is 23.1 Å². The first-order valence-corrected chi connectivity index (χ1v) is 12.6. The Morgan fingerprint density at radius 2 is 1.80 bits per heavy atom. The normalized spacial score (nSPS) is 11.3. The molecular formula is C31H24F2N4O3. The minimum absolute atomic E-state index is 0.262. The van der Waals surface area contributed by atoms with E-state index in [9.17, 15) is 18.7 Å². The van der Waals surface area contributed by atoms with E-state index in [1.54, 1.807) is 55.6 Å². The number of aliphatic hydroxyl groups excluding tert-OH is 1. The van der Waals surface area contributed by atoms with Gasteiger partial charge in [0.05, 0.1) is 29.3 Å². The molecule has 0 aliphatic carbocycles. The van der Waals surface area contributed by atoms with Gasteiger partial charge in [0.25, 0.3) is 5.91 Å². The summed E-state index contributed by atoms with van der Waals surface area (Å²) in [5.41, 5.74) is 5.48. The number of aliphatic hydroxyl groups is 1. The third-order valence-corrected chi connectivity index (χ3v) is 6.95. The minimum atomic E-state index is -0.396. The standard InChI is InChI=1S/C31H24F2N4O3/c1-34-25-14-27-21(28(31(39)35-2)30(40-27)16-6-9-18(32)10-7-16)12-20(25)24-11-8-17(15-38)29(37-24)26-13-19-22(33)4-3-5-23(19)36-26/h3-14,34,36,38H,15H2,1-2H3,(H,35,39). The van der Waals surface area contributed by atoms with Crippen molar-refractivity contribution in [2.75, 3.05) is 19.4 Å². The summed E-state index contributed by atoms with van der Waals surface area (Å²) in [7, 11) is 3.29. The smallest absolute Gasteiger partial charge is 0.255 e. The number of carbonyl (C=O) groups is 1. The molecule has 0 unspecified atom stereocenters. The lowest BCUT2D eigenvalue weighted by molar-refractivity contribution is 0.0964. The lowest BCUT2D eigenvalue weighted by atomic mass is 10.00. The number of aromatic nitrogens is 2. The summed E-state index contributed by atoms with van der Waals surface area (Å²) in [6.45, 7) is -0.262. The van der Waals surface area contributed by atoms with E-state index >= 15 is 0 Å². The van der Waals surface area contributed by atoms with Crippen molar-refractivity contribution in [2.45, 2.75) is 6.61 Å². The van der Waals surface area contributed by atoms with Gasteiger partial charge < -0.3 is 25.1 Å². The summed E-state index contributed by atoms with van der Waals surface area (Å²) in [6, 6.07) is 19.3. The molecule has 0 fully saturated rings. The van der Waals surface area contributed by atoms with Crippen molar-refractivity contribution in [3.05, 3.63) is 95.6 Å². The van der Waals surface area contributed by atoms with Crippen LogP contribution in [-0.4, -0.2) is 35.1 Å². The number of carbonyl (C=O) groups excluding carboxylic acids is 1. The fraction of sp³-hybridized carbons (Fsp3) is 0.0968. The number of pyridine rings is 1. The minimum Gasteiger partial charge on any atom is -0.455 e. The molecule has 3 heterocycles. The lowest BCUT2D eigenvalue weighted by Crippen LogP contribution is -2.18. The number of aromatic amines is 1. The van der Waals surface area contributed by atoms with Crippen LogP contribution in [0.5, 0.6) is 0 Å². The van der Waals surface area contributed by atoms with Crippen molar-refractivity contribution in [2.24, 2.45) is 0 Å². The molecule has 3 aromatic carbocycles. The maximum atomic E-state index is 14.4. The number of halogens is 2. The van der Waals surface area contributed by atoms with Crippen LogP contribution in [0, 0.1) is 11.6 Å². The molecule has 0 atom stereocenters. The number of furan rings is 1. The molecule has 40 heavy (non-hydrogen) atoms. The SMILES string of the molecule is CNC(=O)c1c(-c2ccc(F)cc2)oc2cc(NC)c(-c3ccc(CO)c(-c4cc5c(F)cccc5[nH]4)n3)cc12. The second-order valence-corrected chi connectivity index (χ2v) is 9.28. The van der Waals surface area contributed by atoms with Crippen LogP contribution in [0.4, 0.5) is 14.5 Å². The number of anilines is 1. The molecular weight excluding hydrogens is 514 g/mol. The summed E-state index contributed by atoms with van der Waals surface area (Å²) >= 11 is 0. The summed E-state index contributed by atoms with van der Waals surface area (Å²) in [5.74, 6) is -0.793. The van der Waals surface area contributed by atoms with Crippen LogP contribution in [0.1, 0.15) is 15.9 Å². The maximum absolute atomic E-state index is 14.4. The highest BCUT2D eigenvalue weighted by atomic mass is 19.1. The van der Waals surface area contributed by atoms with Crippen molar-refractivity contribution in [3.63, 3.8) is 0 Å². The molecule has 0 spiro atoms. The zero-order valence-corrected chi connectivity index (χ0v) is 21.6. The second-order valence-electron chi connectivity index (χ2n) is 9.28. The molecule has 0 radical (unpaired) electrons. The fourth-order valence-electron chi connectivity index (χ4n) is 4.96. The summed E-state index contributed by atoms with van der Waals surface area (Å²) in [5, 5.41) is 16.8. The van der Waals surface area contributed by atoms with Gasteiger partial charge in [0.2, 0.25) is 0 Å². The predicted octanol–water partition coefficient (Wildman–Crippen LogP) is 6.48. The summed E-state index contributed by atoms with van der Waals surface area (Å²) in [4.78, 5) is 21.1. The van der Waals surface area contributed by atoms with Gasteiger partial charge in [-0.15, -0.1) is 0 Å². The average Bonchev–Trinajstić information content (AvgIpc) is 3.58. The van der Waals surface area contributed by atoms with E-state index in [0.717, 1.165) is 0 Å². The van der Waals surface area contributed by atoms with Crippen LogP contribution in [0.3, 0.4) is 0 Å². The van der Waals surface area contributed by atoms with Gasteiger partial charge in [-0.25, -0.2) is 13.8 Å². The van der Waals surface area contributed by atoms with Crippen LogP contribution in [0.25, 0.3) is 55.8 Å². The van der Waals surface area contributed by atoms with Crippen LogP contribution < -0.4 is 10.6 Å². The van der Waals surface area contributed by atoms with Gasteiger partial charge in [-0.1, -0.05) is 12.1 Å². The fourth-order valence-corrected chi connectivity index (χ4v) is 4.96. The molecule has 0 saturated heterocycles. The second kappa shape index (κ2) is 9.94. The van der Waals surface area contributed by atoms with E-state index in [0.29, 0.717) is 72.7 Å². The first-order valence-electron chi connectivity index (χ1n) is 12.6. The number of nitrogens with one attached hydrogen (secondary N) is 3. The molecule has 4 N–H and O–H groups in total. The van der Waals surface area contributed by atoms with Crippen LogP contribution in [0.2, 0.25) is 0 Å². The Kier molecular flexibility index (Phi) is 6.28. The topological polar surface area (TPSA) is 103 Å². The first kappa shape index (κ1) is 25.3. The lowest BCUT2D eigenvalue weighted by Gasteiger charge is -2.12. The van der Waals surface area contributed by atoms with Gasteiger partial charge in [0.15, 0.2) is 0 Å². The van der Waals surface area contributed by atoms with Crippen molar-refractivity contribution >= 4 is 33.5 Å². The number of nitrogens with zero attached hydrogens (tertiary/aromatic N) is 1. The number of H-pyrrole nitrogens is 1. The molecule has 7 nitrogen and oxygen atoms in total. The molecule has 9 heteroatoms. The van der Waals surface area contributed by atoms with Crippen molar-refractivity contribution in [1.29, 1.82) is 0 Å². The highest BCUT2D eigenvalue weighted by Crippen LogP contribution is 2.40. The first-order chi connectivity index (χ1) is 19.4. The number of amides is 1. The van der Waals surface area contributed by atoms with E-state index < -0.39 is 5.82 Å². The van der Waals surface area contributed by atoms with E-state index in [1.807, 2.05) is 6.07 Å². The number of rotatable bonds is 6. The van der Waals surface area contributed by atoms with Gasteiger partial charge in [-0.2, -0.15) is 0 Å². The molecule has 0 aliphatic heterocycles. The van der Waals surface area contributed by atoms with Crippen LogP contribution >= 0.6 is 0 Å². The summed E-state index contributed by atoms with van der Waals surface area (Å²) < 4.78 is 34.1. The molecule has 0 aliphatic rings. The molecule has 3 aromatic heterocycles. The Bertz CT molecular complexity index is 1910. The monoisotopic (exact) mass is 538 g/mol. The molecule has 6 aromatic rings. The highest BCUT2D eigenvalue weighted by molar-refractivity contribution is 6.12. The Labute approximate surface area is 227 Å². The molecule has 1 amide bonds.